The van der Waals surface area contributed by atoms with Crippen LogP contribution in [0.15, 0.2) is 78.9 Å². The lowest BCUT2D eigenvalue weighted by atomic mass is 10.1. The maximum Gasteiger partial charge on any atom is 0.335 e. The molecule has 0 aliphatic rings. The van der Waals surface area contributed by atoms with Crippen LogP contribution in [0.2, 0.25) is 0 Å². The summed E-state index contributed by atoms with van der Waals surface area (Å²) in [7, 11) is 0. The van der Waals surface area contributed by atoms with Crippen LogP contribution in [0.4, 0.5) is 5.69 Å². The van der Waals surface area contributed by atoms with Crippen LogP contribution in [0.3, 0.4) is 0 Å². The number of anilines is 1. The highest BCUT2D eigenvalue weighted by Gasteiger charge is 2.16. The minimum Gasteiger partial charge on any atom is -0.488 e. The van der Waals surface area contributed by atoms with Gasteiger partial charge < -0.3 is 20.1 Å². The number of benzene rings is 3. The van der Waals surface area contributed by atoms with Crippen LogP contribution >= 0.6 is 0 Å². The molecule has 0 bridgehead atoms. The fourth-order valence-electron chi connectivity index (χ4n) is 3.68. The van der Waals surface area contributed by atoms with Gasteiger partial charge in [0, 0.05) is 22.6 Å². The summed E-state index contributed by atoms with van der Waals surface area (Å²) in [6.45, 7) is 4.47. The number of nitrogen functional groups attached to an aromatic ring is 1. The first-order chi connectivity index (χ1) is 14.9. The van der Waals surface area contributed by atoms with E-state index in [1.54, 1.807) is 12.1 Å². The summed E-state index contributed by atoms with van der Waals surface area (Å²) < 4.78 is 8.19. The summed E-state index contributed by atoms with van der Waals surface area (Å²) in [5.74, 6) is -0.251. The average molecular weight is 412 g/mol. The molecule has 4 rings (SSSR count). The normalized spacial score (nSPS) is 10.8. The fourth-order valence-corrected chi connectivity index (χ4v) is 3.68. The molecule has 0 saturated carbocycles. The number of nitrogens with two attached hydrogens (primary N) is 1. The van der Waals surface area contributed by atoms with Crippen molar-refractivity contribution in [2.45, 2.75) is 20.5 Å². The van der Waals surface area contributed by atoms with Crippen LogP contribution in [0.5, 0.6) is 5.75 Å². The van der Waals surface area contributed by atoms with Gasteiger partial charge in [0.2, 0.25) is 0 Å². The van der Waals surface area contributed by atoms with E-state index >= 15 is 0 Å². The Bertz CT molecular complexity index is 1240. The Morgan fingerprint density at radius 3 is 2.48 bits per heavy atom. The third-order valence-electron chi connectivity index (χ3n) is 5.17. The summed E-state index contributed by atoms with van der Waals surface area (Å²) >= 11 is 0. The number of hydrogen-bond acceptors (Lipinski definition) is 3. The standard InChI is InChI=1S/C26H24N2O3/c1-17-8-11-25(31-16-19-6-4-3-5-7-19)23(12-17)24-10-9-18(2)28(24)22-14-20(26(29)30)13-21(27)15-22/h3-15H,16,27H2,1-2H3,(H,29,30). The molecule has 0 saturated heterocycles. The molecular weight excluding hydrogens is 388 g/mol. The second-order valence-electron chi connectivity index (χ2n) is 7.59. The van der Waals surface area contributed by atoms with E-state index in [-0.39, 0.29) is 5.56 Å². The number of hydrogen-bond donors (Lipinski definition) is 2. The fraction of sp³-hybridized carbons (Fsp3) is 0.115. The van der Waals surface area contributed by atoms with E-state index in [2.05, 4.69) is 6.07 Å². The van der Waals surface area contributed by atoms with Crippen LogP contribution in [0, 0.1) is 13.8 Å². The van der Waals surface area contributed by atoms with Crippen LogP contribution < -0.4 is 10.5 Å². The molecule has 1 aromatic heterocycles. The van der Waals surface area contributed by atoms with Gasteiger partial charge in [-0.3, -0.25) is 0 Å². The molecule has 1 heterocycles. The van der Waals surface area contributed by atoms with Crippen molar-refractivity contribution in [3.8, 4) is 22.7 Å². The third-order valence-corrected chi connectivity index (χ3v) is 5.17. The Morgan fingerprint density at radius 1 is 0.968 bits per heavy atom. The van der Waals surface area contributed by atoms with Crippen molar-refractivity contribution in [1.82, 2.24) is 4.57 Å². The first kappa shape index (κ1) is 20.3. The zero-order valence-electron chi connectivity index (χ0n) is 17.5. The van der Waals surface area contributed by atoms with E-state index in [9.17, 15) is 9.90 Å². The molecule has 0 fully saturated rings. The van der Waals surface area contributed by atoms with Crippen LogP contribution in [0.25, 0.3) is 16.9 Å². The quantitative estimate of drug-likeness (QED) is 0.403. The van der Waals surface area contributed by atoms with Gasteiger partial charge in [0.1, 0.15) is 12.4 Å². The lowest BCUT2D eigenvalue weighted by molar-refractivity contribution is 0.0697. The van der Waals surface area contributed by atoms with E-state index in [4.69, 9.17) is 10.5 Å². The molecule has 5 heteroatoms. The Labute approximate surface area is 181 Å². The maximum absolute atomic E-state index is 11.5. The topological polar surface area (TPSA) is 77.5 Å². The summed E-state index contributed by atoms with van der Waals surface area (Å²) in [6, 6.07) is 25.0. The zero-order chi connectivity index (χ0) is 22.0. The molecule has 3 N–H and O–H groups in total. The van der Waals surface area contributed by atoms with Crippen molar-refractivity contribution in [2.75, 3.05) is 5.73 Å². The average Bonchev–Trinajstić information content (AvgIpc) is 3.14. The predicted octanol–water partition coefficient (Wildman–Crippen LogP) is 5.62. The molecule has 0 unspecified atom stereocenters. The van der Waals surface area contributed by atoms with E-state index in [0.29, 0.717) is 18.0 Å². The van der Waals surface area contributed by atoms with Crippen molar-refractivity contribution in [2.24, 2.45) is 0 Å². The van der Waals surface area contributed by atoms with Gasteiger partial charge in [-0.25, -0.2) is 4.79 Å². The second kappa shape index (κ2) is 8.40. The molecule has 31 heavy (non-hydrogen) atoms. The number of aryl methyl sites for hydroxylation is 2. The summed E-state index contributed by atoms with van der Waals surface area (Å²) in [6.07, 6.45) is 0. The number of carboxylic acid groups (broad SMARTS) is 1. The lowest BCUT2D eigenvalue weighted by Gasteiger charge is -2.17. The van der Waals surface area contributed by atoms with E-state index in [1.807, 2.05) is 73.0 Å². The summed E-state index contributed by atoms with van der Waals surface area (Å²) in [4.78, 5) is 11.5. The maximum atomic E-state index is 11.5. The Hall–Kier alpha value is -3.99. The molecule has 3 aromatic carbocycles. The Morgan fingerprint density at radius 2 is 1.74 bits per heavy atom. The monoisotopic (exact) mass is 412 g/mol. The largest absolute Gasteiger partial charge is 0.488 e. The summed E-state index contributed by atoms with van der Waals surface area (Å²) in [5.41, 5.74) is 12.3. The van der Waals surface area contributed by atoms with E-state index in [1.165, 1.54) is 6.07 Å². The summed E-state index contributed by atoms with van der Waals surface area (Å²) in [5, 5.41) is 9.46. The molecule has 156 valence electrons. The van der Waals surface area contributed by atoms with Crippen molar-refractivity contribution in [3.63, 3.8) is 0 Å². The highest BCUT2D eigenvalue weighted by molar-refractivity contribution is 5.90. The molecule has 0 spiro atoms. The van der Waals surface area contributed by atoms with Gasteiger partial charge in [-0.2, -0.15) is 0 Å². The van der Waals surface area contributed by atoms with Crippen LogP contribution in [0.1, 0.15) is 27.2 Å². The van der Waals surface area contributed by atoms with Crippen molar-refractivity contribution in [1.29, 1.82) is 0 Å². The molecule has 4 aromatic rings. The molecule has 0 amide bonds. The van der Waals surface area contributed by atoms with Crippen LogP contribution in [-0.2, 0) is 6.61 Å². The highest BCUT2D eigenvalue weighted by atomic mass is 16.5. The minimum absolute atomic E-state index is 0.152. The number of aromatic nitrogens is 1. The van der Waals surface area contributed by atoms with E-state index in [0.717, 1.165) is 33.8 Å². The lowest BCUT2D eigenvalue weighted by Crippen LogP contribution is -2.05. The van der Waals surface area contributed by atoms with Crippen molar-refractivity contribution < 1.29 is 14.6 Å². The number of carbonyl (C=O) groups is 1. The van der Waals surface area contributed by atoms with Gasteiger partial charge >= 0.3 is 5.97 Å². The third kappa shape index (κ3) is 4.31. The van der Waals surface area contributed by atoms with Gasteiger partial charge in [0.15, 0.2) is 0 Å². The van der Waals surface area contributed by atoms with Gasteiger partial charge in [0.05, 0.1) is 11.3 Å². The minimum atomic E-state index is -1.01. The number of rotatable bonds is 6. The van der Waals surface area contributed by atoms with Crippen LogP contribution in [-0.4, -0.2) is 15.6 Å². The van der Waals surface area contributed by atoms with Gasteiger partial charge in [-0.15, -0.1) is 0 Å². The smallest absolute Gasteiger partial charge is 0.335 e. The van der Waals surface area contributed by atoms with Gasteiger partial charge in [-0.1, -0.05) is 42.0 Å². The van der Waals surface area contributed by atoms with Gasteiger partial charge in [-0.05, 0) is 61.9 Å². The molecule has 0 radical (unpaired) electrons. The van der Waals surface area contributed by atoms with Crippen molar-refractivity contribution in [3.05, 3.63) is 101 Å². The van der Waals surface area contributed by atoms with E-state index < -0.39 is 5.97 Å². The first-order valence-electron chi connectivity index (χ1n) is 10.0. The molecule has 0 atom stereocenters. The highest BCUT2D eigenvalue weighted by Crippen LogP contribution is 2.35. The number of ether oxygens (including phenoxy) is 1. The molecular formula is C26H24N2O3. The van der Waals surface area contributed by atoms with Crippen molar-refractivity contribution >= 4 is 11.7 Å². The predicted molar refractivity (Wildman–Crippen MR) is 123 cm³/mol. The van der Waals surface area contributed by atoms with Gasteiger partial charge in [0.25, 0.3) is 0 Å². The Balaban J connectivity index is 1.80. The molecule has 0 aliphatic heterocycles. The SMILES string of the molecule is Cc1ccc(OCc2ccccc2)c(-c2ccc(C)n2-c2cc(N)cc(C(=O)O)c2)c1. The molecule has 0 aliphatic carbocycles. The number of nitrogens with zero attached hydrogens (tertiary/aromatic N) is 1. The first-order valence-corrected chi connectivity index (χ1v) is 10.0. The number of carboxylic acids is 1. The zero-order valence-corrected chi connectivity index (χ0v) is 17.5. The molecule has 5 nitrogen and oxygen atoms in total. The second-order valence-corrected chi connectivity index (χ2v) is 7.59. The number of aromatic carboxylic acids is 1. The Kier molecular flexibility index (Phi) is 5.50.